The summed E-state index contributed by atoms with van der Waals surface area (Å²) in [5.74, 6) is -1.82. The normalized spacial score (nSPS) is 16.9. The summed E-state index contributed by atoms with van der Waals surface area (Å²) in [6, 6.07) is 3.20. The van der Waals surface area contributed by atoms with Crippen molar-refractivity contribution in [1.82, 2.24) is 10.3 Å². The van der Waals surface area contributed by atoms with Crippen molar-refractivity contribution in [2.75, 3.05) is 31.8 Å². The number of methoxy groups -OCH3 is 2. The van der Waals surface area contributed by atoms with E-state index in [1.54, 1.807) is 17.3 Å². The van der Waals surface area contributed by atoms with Crippen LogP contribution in [0.15, 0.2) is 36.8 Å². The zero-order chi connectivity index (χ0) is 26.7. The van der Waals surface area contributed by atoms with Crippen LogP contribution in [-0.4, -0.2) is 44.2 Å². The van der Waals surface area contributed by atoms with Gasteiger partial charge in [-0.25, -0.2) is 8.78 Å². The predicted molar refractivity (Wildman–Crippen MR) is 146 cm³/mol. The highest BCUT2D eigenvalue weighted by Gasteiger charge is 2.53. The molecule has 10 heteroatoms. The van der Waals surface area contributed by atoms with Crippen LogP contribution in [0.1, 0.15) is 42.5 Å². The quantitative estimate of drug-likeness (QED) is 0.293. The Morgan fingerprint density at radius 2 is 1.97 bits per heavy atom. The lowest BCUT2D eigenvalue weighted by Crippen LogP contribution is -2.36. The van der Waals surface area contributed by atoms with Gasteiger partial charge in [0.05, 0.1) is 19.9 Å². The van der Waals surface area contributed by atoms with Gasteiger partial charge in [-0.2, -0.15) is 0 Å². The summed E-state index contributed by atoms with van der Waals surface area (Å²) in [6.45, 7) is 5.07. The third kappa shape index (κ3) is 5.07. The molecular formula is C27H34F2N5O2P. The number of anilines is 1. The topological polar surface area (TPSA) is 96.5 Å². The minimum Gasteiger partial charge on any atom is -0.493 e. The van der Waals surface area contributed by atoms with Crippen LogP contribution in [-0.2, 0) is 12.0 Å². The summed E-state index contributed by atoms with van der Waals surface area (Å²) in [6.07, 6.45) is 9.32. The van der Waals surface area contributed by atoms with Gasteiger partial charge in [0, 0.05) is 60.5 Å². The van der Waals surface area contributed by atoms with Crippen LogP contribution < -0.4 is 25.4 Å². The van der Waals surface area contributed by atoms with Gasteiger partial charge in [0.2, 0.25) is 0 Å². The number of halogens is 2. The summed E-state index contributed by atoms with van der Waals surface area (Å²) < 4.78 is 41.0. The van der Waals surface area contributed by atoms with Gasteiger partial charge in [0.15, 0.2) is 23.1 Å². The maximum absolute atomic E-state index is 15.3. The molecule has 0 saturated heterocycles. The van der Waals surface area contributed by atoms with Crippen LogP contribution in [0.5, 0.6) is 11.5 Å². The molecule has 1 aromatic carbocycles. The molecule has 1 aliphatic heterocycles. The first-order valence-corrected chi connectivity index (χ1v) is 13.1. The monoisotopic (exact) mass is 529 g/mol. The lowest BCUT2D eigenvalue weighted by Gasteiger charge is -2.39. The summed E-state index contributed by atoms with van der Waals surface area (Å²) in [5, 5.41) is 11.1. The molecule has 0 radical (unpaired) electrons. The molecular weight excluding hydrogens is 495 g/mol. The first-order valence-electron chi connectivity index (χ1n) is 12.3. The van der Waals surface area contributed by atoms with Crippen molar-refractivity contribution in [2.45, 2.75) is 43.7 Å². The smallest absolute Gasteiger partial charge is 0.191 e. The minimum atomic E-state index is -0.804. The average molecular weight is 530 g/mol. The number of hydrogen-bond acceptors (Lipinski definition) is 7. The molecule has 2 aliphatic rings. The van der Waals surface area contributed by atoms with E-state index in [2.05, 4.69) is 26.1 Å². The summed E-state index contributed by atoms with van der Waals surface area (Å²) in [7, 11) is 5.36. The molecule has 1 saturated carbocycles. The number of pyridine rings is 1. The second-order valence-electron chi connectivity index (χ2n) is 9.44. The average Bonchev–Trinajstić information content (AvgIpc) is 3.70. The number of ether oxygens (including phenoxy) is 2. The highest BCUT2D eigenvalue weighted by Crippen LogP contribution is 2.59. The Morgan fingerprint density at radius 1 is 1.30 bits per heavy atom. The number of benzene rings is 1. The van der Waals surface area contributed by atoms with Crippen LogP contribution >= 0.6 is 9.24 Å². The van der Waals surface area contributed by atoms with Gasteiger partial charge in [-0.1, -0.05) is 6.58 Å². The molecule has 1 fully saturated rings. The maximum atomic E-state index is 15.3. The van der Waals surface area contributed by atoms with E-state index < -0.39 is 17.0 Å². The standard InChI is InChI=1S/C27H34F2N5O2P/c1-16-27(6-7-27)20-9-21(17(11-30)12-32-14-19(31)5-4-8-37)33-13-18(20)15-34(16)26-24(28)22(35-2)10-23(36-3)25(26)29/h9-13,19,30,32H,1,4-8,14-15,31,37H2,2-3H3/b17-12+,30-11?. The zero-order valence-corrected chi connectivity index (χ0v) is 22.4. The van der Waals surface area contributed by atoms with E-state index in [1.165, 1.54) is 26.5 Å². The van der Waals surface area contributed by atoms with Gasteiger partial charge in [-0.05, 0) is 49.0 Å². The lowest BCUT2D eigenvalue weighted by molar-refractivity contribution is 0.358. The van der Waals surface area contributed by atoms with Crippen molar-refractivity contribution in [3.63, 3.8) is 0 Å². The Hall–Kier alpha value is -3.03. The van der Waals surface area contributed by atoms with Crippen molar-refractivity contribution in [3.8, 4) is 11.5 Å². The van der Waals surface area contributed by atoms with Crippen LogP contribution in [0.3, 0.4) is 0 Å². The summed E-state index contributed by atoms with van der Waals surface area (Å²) in [5.41, 5.74) is 9.21. The molecule has 1 aliphatic carbocycles. The van der Waals surface area contributed by atoms with Crippen LogP contribution in [0.25, 0.3) is 5.57 Å². The van der Waals surface area contributed by atoms with Crippen LogP contribution in [0.4, 0.5) is 14.5 Å². The van der Waals surface area contributed by atoms with Crippen molar-refractivity contribution >= 4 is 26.7 Å². The summed E-state index contributed by atoms with van der Waals surface area (Å²) >= 11 is 0. The fourth-order valence-electron chi connectivity index (χ4n) is 4.89. The van der Waals surface area contributed by atoms with E-state index in [1.807, 2.05) is 6.07 Å². The molecule has 2 heterocycles. The Balaban J connectivity index is 1.66. The number of hydrogen-bond donors (Lipinski definition) is 3. The molecule has 2 atom stereocenters. The molecule has 1 spiro atoms. The second kappa shape index (κ2) is 11.2. The van der Waals surface area contributed by atoms with E-state index >= 15 is 8.78 Å². The van der Waals surface area contributed by atoms with Crippen molar-refractivity contribution < 1.29 is 18.3 Å². The molecule has 198 valence electrons. The fourth-order valence-corrected chi connectivity index (χ4v) is 5.13. The van der Waals surface area contributed by atoms with Gasteiger partial charge in [0.1, 0.15) is 5.69 Å². The highest BCUT2D eigenvalue weighted by molar-refractivity contribution is 7.16. The molecule has 0 amide bonds. The number of rotatable bonds is 11. The molecule has 4 N–H and O–H groups in total. The molecule has 4 rings (SSSR count). The van der Waals surface area contributed by atoms with Crippen molar-refractivity contribution in [2.24, 2.45) is 5.73 Å². The Kier molecular flexibility index (Phi) is 8.14. The SMILES string of the molecule is C=C1N(c2c(F)c(OC)cc(OC)c2F)Cc2cnc(/C(C=N)=C/NCC(N)CCCP)cc2C12CC2. The van der Waals surface area contributed by atoms with Crippen molar-refractivity contribution in [3.05, 3.63) is 65.3 Å². The van der Waals surface area contributed by atoms with Gasteiger partial charge in [-0.15, -0.1) is 9.24 Å². The second-order valence-corrected chi connectivity index (χ2v) is 10.0. The highest BCUT2D eigenvalue weighted by atomic mass is 31.0. The van der Waals surface area contributed by atoms with Gasteiger partial charge in [0.25, 0.3) is 0 Å². The predicted octanol–water partition coefficient (Wildman–Crippen LogP) is 4.51. The molecule has 0 bridgehead atoms. The number of nitrogens with zero attached hydrogens (tertiary/aromatic N) is 2. The Bertz CT molecular complexity index is 1200. The van der Waals surface area contributed by atoms with E-state index in [0.717, 1.165) is 43.0 Å². The number of nitrogens with two attached hydrogens (primary N) is 1. The molecule has 2 aromatic rings. The molecule has 37 heavy (non-hydrogen) atoms. The van der Waals surface area contributed by atoms with Crippen molar-refractivity contribution in [1.29, 1.82) is 5.41 Å². The zero-order valence-electron chi connectivity index (χ0n) is 21.2. The van der Waals surface area contributed by atoms with E-state index in [0.29, 0.717) is 23.5 Å². The third-order valence-electron chi connectivity index (χ3n) is 7.15. The maximum Gasteiger partial charge on any atom is 0.191 e. The first-order chi connectivity index (χ1) is 17.8. The number of fused-ring (bicyclic) bond motifs is 2. The van der Waals surface area contributed by atoms with Gasteiger partial charge >= 0.3 is 0 Å². The largest absolute Gasteiger partial charge is 0.493 e. The van der Waals surface area contributed by atoms with Crippen LogP contribution in [0, 0.1) is 17.0 Å². The third-order valence-corrected chi connectivity index (χ3v) is 7.56. The van der Waals surface area contributed by atoms with Gasteiger partial charge < -0.3 is 30.8 Å². The summed E-state index contributed by atoms with van der Waals surface area (Å²) in [4.78, 5) is 6.15. The first kappa shape index (κ1) is 27.0. The molecule has 2 unspecified atom stereocenters. The number of aromatic nitrogens is 1. The Labute approximate surface area is 218 Å². The molecule has 1 aromatic heterocycles. The minimum absolute atomic E-state index is 0.0281. The number of allylic oxidation sites excluding steroid dienone is 2. The Morgan fingerprint density at radius 3 is 2.54 bits per heavy atom. The van der Waals surface area contributed by atoms with E-state index in [9.17, 15) is 0 Å². The number of nitrogens with one attached hydrogen (secondary N) is 2. The lowest BCUT2D eigenvalue weighted by atomic mass is 9.84. The molecule has 7 nitrogen and oxygen atoms in total. The van der Waals surface area contributed by atoms with E-state index in [4.69, 9.17) is 20.6 Å². The van der Waals surface area contributed by atoms with Crippen LogP contribution in [0.2, 0.25) is 0 Å². The fraction of sp³-hybridized carbons (Fsp3) is 0.407. The van der Waals surface area contributed by atoms with Gasteiger partial charge in [-0.3, -0.25) is 4.98 Å². The van der Waals surface area contributed by atoms with E-state index in [-0.39, 0.29) is 29.8 Å².